The third kappa shape index (κ3) is 3.05. The smallest absolute Gasteiger partial charge is 0.293 e. The summed E-state index contributed by atoms with van der Waals surface area (Å²) in [5, 5.41) is 23.6. The average molecular weight is 274 g/mol. The van der Waals surface area contributed by atoms with Crippen molar-refractivity contribution in [3.05, 3.63) is 50.0 Å². The molecule has 0 aliphatic heterocycles. The lowest BCUT2D eigenvalue weighted by Gasteiger charge is -2.05. The van der Waals surface area contributed by atoms with Crippen molar-refractivity contribution in [2.24, 2.45) is 0 Å². The zero-order valence-electron chi connectivity index (χ0n) is 10.1. The number of hydrogen-bond acceptors (Lipinski definition) is 6. The fourth-order valence-corrected chi connectivity index (χ4v) is 2.31. The molecule has 0 aliphatic rings. The van der Waals surface area contributed by atoms with Crippen molar-refractivity contribution in [2.45, 2.75) is 13.5 Å². The summed E-state index contributed by atoms with van der Waals surface area (Å²) in [5.41, 5.74) is 0.571. The topological polar surface area (TPSA) is 91.8 Å². The van der Waals surface area contributed by atoms with Crippen molar-refractivity contribution in [1.82, 2.24) is 4.98 Å². The number of rotatable bonds is 4. The molecule has 0 atom stereocenters. The summed E-state index contributed by atoms with van der Waals surface area (Å²) in [6.45, 7) is 2.37. The minimum absolute atomic E-state index is 0.0970. The monoisotopic (exact) mass is 274 g/mol. The minimum atomic E-state index is -0.499. The second-order valence-corrected chi connectivity index (χ2v) is 5.12. The highest BCUT2D eigenvalue weighted by atomic mass is 32.1. The highest BCUT2D eigenvalue weighted by Crippen LogP contribution is 2.26. The number of nitro groups is 1. The number of nitriles is 1. The molecular formula is C12H10N4O2S. The Kier molecular flexibility index (Phi) is 3.73. The standard InChI is InChI=1S/C12H10N4O2S/c1-8-14-6-10(19-8)7-15-11-3-2-9(5-13)4-12(11)16(17)18/h2-4,6,15H,7H2,1H3. The molecule has 0 amide bonds. The number of aryl methyl sites for hydroxylation is 1. The summed E-state index contributed by atoms with van der Waals surface area (Å²) in [6, 6.07) is 6.25. The van der Waals surface area contributed by atoms with Crippen molar-refractivity contribution in [1.29, 1.82) is 5.26 Å². The molecule has 1 heterocycles. The third-order valence-electron chi connectivity index (χ3n) is 2.45. The molecule has 0 saturated carbocycles. The predicted molar refractivity (Wildman–Crippen MR) is 72.0 cm³/mol. The molecule has 1 aromatic carbocycles. The molecular weight excluding hydrogens is 264 g/mol. The average Bonchev–Trinajstić information content (AvgIpc) is 2.82. The fraction of sp³-hybridized carbons (Fsp3) is 0.167. The molecule has 0 unspecified atom stereocenters. The molecule has 0 aliphatic carbocycles. The second kappa shape index (κ2) is 5.46. The zero-order chi connectivity index (χ0) is 13.8. The van der Waals surface area contributed by atoms with Crippen molar-refractivity contribution >= 4 is 22.7 Å². The number of nitrogens with zero attached hydrogens (tertiary/aromatic N) is 3. The maximum atomic E-state index is 11.0. The van der Waals surface area contributed by atoms with Gasteiger partial charge in [-0.3, -0.25) is 10.1 Å². The fourth-order valence-electron chi connectivity index (χ4n) is 1.57. The predicted octanol–water partition coefficient (Wildman–Crippen LogP) is 2.84. The van der Waals surface area contributed by atoms with Crippen LogP contribution in [0.3, 0.4) is 0 Å². The van der Waals surface area contributed by atoms with Crippen molar-refractivity contribution in [3.63, 3.8) is 0 Å². The van der Waals surface area contributed by atoms with E-state index in [1.165, 1.54) is 17.4 Å². The van der Waals surface area contributed by atoms with Crippen molar-refractivity contribution < 1.29 is 4.92 Å². The number of hydrogen-bond donors (Lipinski definition) is 1. The van der Waals surface area contributed by atoms with E-state index in [-0.39, 0.29) is 11.3 Å². The van der Waals surface area contributed by atoms with Gasteiger partial charge in [0.2, 0.25) is 0 Å². The molecule has 0 saturated heterocycles. The Morgan fingerprint density at radius 1 is 1.58 bits per heavy atom. The molecule has 96 valence electrons. The maximum Gasteiger partial charge on any atom is 0.293 e. The first-order chi connectivity index (χ1) is 9.10. The van der Waals surface area contributed by atoms with Gasteiger partial charge in [0, 0.05) is 17.1 Å². The van der Waals surface area contributed by atoms with Gasteiger partial charge < -0.3 is 5.32 Å². The van der Waals surface area contributed by atoms with Gasteiger partial charge in [-0.1, -0.05) is 0 Å². The lowest BCUT2D eigenvalue weighted by molar-refractivity contribution is -0.384. The van der Waals surface area contributed by atoms with E-state index in [2.05, 4.69) is 10.3 Å². The highest BCUT2D eigenvalue weighted by Gasteiger charge is 2.14. The Balaban J connectivity index is 2.20. The van der Waals surface area contributed by atoms with E-state index in [9.17, 15) is 10.1 Å². The Labute approximate surface area is 113 Å². The van der Waals surface area contributed by atoms with Crippen LogP contribution in [0.5, 0.6) is 0 Å². The van der Waals surface area contributed by atoms with E-state index in [0.717, 1.165) is 9.88 Å². The Morgan fingerprint density at radius 2 is 2.37 bits per heavy atom. The molecule has 1 N–H and O–H groups in total. The maximum absolute atomic E-state index is 11.0. The lowest BCUT2D eigenvalue weighted by Crippen LogP contribution is -2.01. The number of nitro benzene ring substituents is 1. The quantitative estimate of drug-likeness (QED) is 0.683. The molecule has 0 spiro atoms. The Bertz CT molecular complexity index is 660. The van der Waals surface area contributed by atoms with Crippen LogP contribution >= 0.6 is 11.3 Å². The van der Waals surface area contributed by atoms with E-state index >= 15 is 0 Å². The van der Waals surface area contributed by atoms with E-state index in [0.29, 0.717) is 12.2 Å². The molecule has 6 nitrogen and oxygen atoms in total. The van der Waals surface area contributed by atoms with E-state index in [1.807, 2.05) is 13.0 Å². The van der Waals surface area contributed by atoms with Crippen LogP contribution in [0, 0.1) is 28.4 Å². The normalized spacial score (nSPS) is 9.89. The largest absolute Gasteiger partial charge is 0.375 e. The van der Waals surface area contributed by atoms with Crippen LogP contribution in [-0.4, -0.2) is 9.91 Å². The number of thiazole rings is 1. The second-order valence-electron chi connectivity index (χ2n) is 3.80. The number of benzene rings is 1. The first-order valence-corrected chi connectivity index (χ1v) is 6.25. The van der Waals surface area contributed by atoms with Gasteiger partial charge in [-0.05, 0) is 19.1 Å². The van der Waals surface area contributed by atoms with Gasteiger partial charge in [-0.15, -0.1) is 11.3 Å². The van der Waals surface area contributed by atoms with E-state index < -0.39 is 4.92 Å². The minimum Gasteiger partial charge on any atom is -0.375 e. The summed E-state index contributed by atoms with van der Waals surface area (Å²) in [6.07, 6.45) is 1.74. The molecule has 2 rings (SSSR count). The first kappa shape index (κ1) is 13.0. The van der Waals surface area contributed by atoms with Crippen LogP contribution in [0.25, 0.3) is 0 Å². The summed E-state index contributed by atoms with van der Waals surface area (Å²) in [4.78, 5) is 15.6. The summed E-state index contributed by atoms with van der Waals surface area (Å²) in [5.74, 6) is 0. The van der Waals surface area contributed by atoms with Gasteiger partial charge in [0.1, 0.15) is 5.69 Å². The molecule has 0 fully saturated rings. The van der Waals surface area contributed by atoms with Crippen LogP contribution in [-0.2, 0) is 6.54 Å². The van der Waals surface area contributed by atoms with Gasteiger partial charge in [-0.2, -0.15) is 5.26 Å². The molecule has 19 heavy (non-hydrogen) atoms. The third-order valence-corrected chi connectivity index (χ3v) is 3.36. The SMILES string of the molecule is Cc1ncc(CNc2ccc(C#N)cc2[N+](=O)[O-])s1. The Hall–Kier alpha value is -2.46. The van der Waals surface area contributed by atoms with Crippen LogP contribution in [0.2, 0.25) is 0 Å². The van der Waals surface area contributed by atoms with Crippen LogP contribution in [0.1, 0.15) is 15.4 Å². The number of anilines is 1. The molecule has 7 heteroatoms. The molecule has 1 aromatic heterocycles. The lowest BCUT2D eigenvalue weighted by atomic mass is 10.2. The number of nitrogens with one attached hydrogen (secondary N) is 1. The summed E-state index contributed by atoms with van der Waals surface area (Å²) < 4.78 is 0. The van der Waals surface area contributed by atoms with Gasteiger partial charge >= 0.3 is 0 Å². The molecule has 0 bridgehead atoms. The van der Waals surface area contributed by atoms with Crippen molar-refractivity contribution in [3.8, 4) is 6.07 Å². The number of aromatic nitrogens is 1. The van der Waals surface area contributed by atoms with E-state index in [4.69, 9.17) is 5.26 Å². The van der Waals surface area contributed by atoms with Gasteiger partial charge in [-0.25, -0.2) is 4.98 Å². The first-order valence-electron chi connectivity index (χ1n) is 5.44. The van der Waals surface area contributed by atoms with E-state index in [1.54, 1.807) is 18.3 Å². The zero-order valence-corrected chi connectivity index (χ0v) is 10.9. The molecule has 2 aromatic rings. The molecule has 0 radical (unpaired) electrons. The summed E-state index contributed by atoms with van der Waals surface area (Å²) >= 11 is 1.53. The highest BCUT2D eigenvalue weighted by molar-refractivity contribution is 7.11. The Morgan fingerprint density at radius 3 is 2.95 bits per heavy atom. The summed E-state index contributed by atoms with van der Waals surface area (Å²) in [7, 11) is 0. The van der Waals surface area contributed by atoms with Crippen LogP contribution in [0.15, 0.2) is 24.4 Å². The van der Waals surface area contributed by atoms with Gasteiger partial charge in [0.15, 0.2) is 0 Å². The van der Waals surface area contributed by atoms with Gasteiger partial charge in [0.05, 0.1) is 28.1 Å². The van der Waals surface area contributed by atoms with Crippen LogP contribution < -0.4 is 5.32 Å². The van der Waals surface area contributed by atoms with Gasteiger partial charge in [0.25, 0.3) is 5.69 Å². The van der Waals surface area contributed by atoms with Crippen LogP contribution in [0.4, 0.5) is 11.4 Å². The van der Waals surface area contributed by atoms with Crippen molar-refractivity contribution in [2.75, 3.05) is 5.32 Å².